The first-order chi connectivity index (χ1) is 5.77. The average molecular weight is 185 g/mol. The molecule has 0 amide bonds. The highest BCUT2D eigenvalue weighted by Gasteiger charge is 2.14. The van der Waals surface area contributed by atoms with E-state index < -0.39 is 0 Å². The number of ether oxygens (including phenoxy) is 1. The summed E-state index contributed by atoms with van der Waals surface area (Å²) in [6, 6.07) is 1.93. The lowest BCUT2D eigenvalue weighted by atomic mass is 10.3. The first-order valence-corrected chi connectivity index (χ1v) is 4.19. The van der Waals surface area contributed by atoms with E-state index in [1.54, 1.807) is 0 Å². The second-order valence-corrected chi connectivity index (χ2v) is 3.06. The molecular formula is C8H9ClN2O. The Morgan fingerprint density at radius 1 is 1.67 bits per heavy atom. The van der Waals surface area contributed by atoms with E-state index in [0.29, 0.717) is 17.5 Å². The van der Waals surface area contributed by atoms with E-state index in [2.05, 4.69) is 10.3 Å². The van der Waals surface area contributed by atoms with E-state index >= 15 is 0 Å². The normalized spacial score (nSPS) is 14.5. The Labute approximate surface area is 75.7 Å². The standard InChI is InChI=1S/C8H9ClN2O/c1-5-4-6-7(8(9)11-5)12-3-2-10-6/h4,10H,2-3H2,1H3. The SMILES string of the molecule is Cc1cc2c(c(Cl)n1)OCCN2. The number of anilines is 1. The minimum absolute atomic E-state index is 0.442. The summed E-state index contributed by atoms with van der Waals surface area (Å²) < 4.78 is 5.35. The predicted octanol–water partition coefficient (Wildman–Crippen LogP) is 1.85. The highest BCUT2D eigenvalue weighted by molar-refractivity contribution is 6.31. The van der Waals surface area contributed by atoms with Gasteiger partial charge in [0.05, 0.1) is 5.69 Å². The minimum atomic E-state index is 0.442. The van der Waals surface area contributed by atoms with E-state index in [0.717, 1.165) is 17.9 Å². The Hall–Kier alpha value is -0.960. The Kier molecular flexibility index (Phi) is 1.81. The lowest BCUT2D eigenvalue weighted by Gasteiger charge is -2.19. The van der Waals surface area contributed by atoms with Gasteiger partial charge in [-0.25, -0.2) is 4.98 Å². The van der Waals surface area contributed by atoms with Crippen LogP contribution in [0.3, 0.4) is 0 Å². The first kappa shape index (κ1) is 7.68. The van der Waals surface area contributed by atoms with Gasteiger partial charge in [0.1, 0.15) is 6.61 Å². The lowest BCUT2D eigenvalue weighted by Crippen LogP contribution is -2.18. The van der Waals surface area contributed by atoms with Gasteiger partial charge in [-0.3, -0.25) is 0 Å². The van der Waals surface area contributed by atoms with Crippen LogP contribution in [0.4, 0.5) is 5.69 Å². The van der Waals surface area contributed by atoms with Gasteiger partial charge in [0.15, 0.2) is 10.9 Å². The molecule has 0 aromatic carbocycles. The van der Waals surface area contributed by atoms with Crippen molar-refractivity contribution >= 4 is 17.3 Å². The molecular weight excluding hydrogens is 176 g/mol. The van der Waals surface area contributed by atoms with E-state index in [4.69, 9.17) is 16.3 Å². The molecule has 1 N–H and O–H groups in total. The van der Waals surface area contributed by atoms with E-state index in [1.165, 1.54) is 0 Å². The molecule has 0 spiro atoms. The monoisotopic (exact) mass is 184 g/mol. The molecule has 0 fully saturated rings. The molecule has 0 bridgehead atoms. The van der Waals surface area contributed by atoms with Crippen molar-refractivity contribution < 1.29 is 4.74 Å². The van der Waals surface area contributed by atoms with E-state index in [1.807, 2.05) is 13.0 Å². The van der Waals surface area contributed by atoms with E-state index in [-0.39, 0.29) is 0 Å². The number of aryl methyl sites for hydroxylation is 1. The fraction of sp³-hybridized carbons (Fsp3) is 0.375. The van der Waals surface area contributed by atoms with Crippen LogP contribution in [0.2, 0.25) is 5.15 Å². The molecule has 2 heterocycles. The van der Waals surface area contributed by atoms with Crippen LogP contribution in [-0.2, 0) is 0 Å². The van der Waals surface area contributed by atoms with Crippen LogP contribution in [0.15, 0.2) is 6.07 Å². The second-order valence-electron chi connectivity index (χ2n) is 2.71. The summed E-state index contributed by atoms with van der Waals surface area (Å²) in [4.78, 5) is 4.09. The lowest BCUT2D eigenvalue weighted by molar-refractivity contribution is 0.322. The molecule has 0 aliphatic carbocycles. The fourth-order valence-electron chi connectivity index (χ4n) is 1.23. The van der Waals surface area contributed by atoms with Gasteiger partial charge in [0.25, 0.3) is 0 Å². The van der Waals surface area contributed by atoms with Crippen molar-refractivity contribution in [2.45, 2.75) is 6.92 Å². The first-order valence-electron chi connectivity index (χ1n) is 3.81. The molecule has 1 aliphatic rings. The third-order valence-corrected chi connectivity index (χ3v) is 1.98. The maximum atomic E-state index is 5.87. The summed E-state index contributed by atoms with van der Waals surface area (Å²) in [6.07, 6.45) is 0. The molecule has 2 rings (SSSR count). The maximum absolute atomic E-state index is 5.87. The van der Waals surface area contributed by atoms with Crippen molar-refractivity contribution in [3.05, 3.63) is 16.9 Å². The zero-order chi connectivity index (χ0) is 8.55. The van der Waals surface area contributed by atoms with Gasteiger partial charge in [-0.15, -0.1) is 0 Å². The summed E-state index contributed by atoms with van der Waals surface area (Å²) in [5.41, 5.74) is 1.84. The summed E-state index contributed by atoms with van der Waals surface area (Å²) >= 11 is 5.87. The molecule has 0 radical (unpaired) electrons. The van der Waals surface area contributed by atoms with Gasteiger partial charge >= 0.3 is 0 Å². The van der Waals surface area contributed by atoms with Crippen molar-refractivity contribution in [1.82, 2.24) is 4.98 Å². The number of rotatable bonds is 0. The molecule has 1 aromatic heterocycles. The topological polar surface area (TPSA) is 34.1 Å². The maximum Gasteiger partial charge on any atom is 0.179 e. The molecule has 1 aliphatic heterocycles. The molecule has 12 heavy (non-hydrogen) atoms. The second kappa shape index (κ2) is 2.83. The van der Waals surface area contributed by atoms with Gasteiger partial charge in [-0.2, -0.15) is 0 Å². The van der Waals surface area contributed by atoms with Gasteiger partial charge in [-0.05, 0) is 13.0 Å². The highest BCUT2D eigenvalue weighted by Crippen LogP contribution is 2.33. The number of halogens is 1. The van der Waals surface area contributed by atoms with Crippen LogP contribution in [0.25, 0.3) is 0 Å². The van der Waals surface area contributed by atoms with Gasteiger partial charge in [-0.1, -0.05) is 11.6 Å². The molecule has 1 aromatic rings. The largest absolute Gasteiger partial charge is 0.486 e. The van der Waals surface area contributed by atoms with Crippen molar-refractivity contribution in [3.63, 3.8) is 0 Å². The molecule has 4 heteroatoms. The zero-order valence-electron chi connectivity index (χ0n) is 6.72. The minimum Gasteiger partial charge on any atom is -0.486 e. The number of pyridine rings is 1. The highest BCUT2D eigenvalue weighted by atomic mass is 35.5. The molecule has 64 valence electrons. The summed E-state index contributed by atoms with van der Waals surface area (Å²) in [6.45, 7) is 3.38. The smallest absolute Gasteiger partial charge is 0.179 e. The molecule has 0 unspecified atom stereocenters. The van der Waals surface area contributed by atoms with E-state index in [9.17, 15) is 0 Å². The summed E-state index contributed by atoms with van der Waals surface area (Å²) in [5.74, 6) is 0.675. The Bertz CT molecular complexity index is 314. The van der Waals surface area contributed by atoms with Gasteiger partial charge < -0.3 is 10.1 Å². The van der Waals surface area contributed by atoms with Gasteiger partial charge in [0.2, 0.25) is 0 Å². The molecule has 0 saturated carbocycles. The Balaban J connectivity index is 2.53. The van der Waals surface area contributed by atoms with Crippen molar-refractivity contribution in [2.75, 3.05) is 18.5 Å². The third kappa shape index (κ3) is 1.20. The molecule has 0 saturated heterocycles. The van der Waals surface area contributed by atoms with Crippen molar-refractivity contribution in [3.8, 4) is 5.75 Å². The number of aromatic nitrogens is 1. The molecule has 0 atom stereocenters. The zero-order valence-corrected chi connectivity index (χ0v) is 7.48. The van der Waals surface area contributed by atoms with Crippen molar-refractivity contribution in [1.29, 1.82) is 0 Å². The van der Waals surface area contributed by atoms with Crippen molar-refractivity contribution in [2.24, 2.45) is 0 Å². The van der Waals surface area contributed by atoms with Crippen LogP contribution >= 0.6 is 11.6 Å². The van der Waals surface area contributed by atoms with Crippen LogP contribution in [0.5, 0.6) is 5.75 Å². The average Bonchev–Trinajstić information content (AvgIpc) is 2.04. The number of hydrogen-bond donors (Lipinski definition) is 1. The van der Waals surface area contributed by atoms with Crippen LogP contribution in [0.1, 0.15) is 5.69 Å². The van der Waals surface area contributed by atoms with Crippen LogP contribution in [0, 0.1) is 6.92 Å². The summed E-state index contributed by atoms with van der Waals surface area (Å²) in [5, 5.41) is 3.64. The number of nitrogens with zero attached hydrogens (tertiary/aromatic N) is 1. The van der Waals surface area contributed by atoms with Gasteiger partial charge in [0, 0.05) is 12.2 Å². The summed E-state index contributed by atoms with van der Waals surface area (Å²) in [7, 11) is 0. The molecule has 3 nitrogen and oxygen atoms in total. The quantitative estimate of drug-likeness (QED) is 0.625. The predicted molar refractivity (Wildman–Crippen MR) is 48.0 cm³/mol. The fourth-order valence-corrected chi connectivity index (χ4v) is 1.52. The Morgan fingerprint density at radius 3 is 3.33 bits per heavy atom. The number of nitrogens with one attached hydrogen (secondary N) is 1. The number of fused-ring (bicyclic) bond motifs is 1. The van der Waals surface area contributed by atoms with Crippen LogP contribution in [-0.4, -0.2) is 18.1 Å². The third-order valence-electron chi connectivity index (χ3n) is 1.72. The van der Waals surface area contributed by atoms with Crippen LogP contribution < -0.4 is 10.1 Å². The Morgan fingerprint density at radius 2 is 2.50 bits per heavy atom. The number of hydrogen-bond acceptors (Lipinski definition) is 3.